The lowest BCUT2D eigenvalue weighted by atomic mass is 10.2. The lowest BCUT2D eigenvalue weighted by Crippen LogP contribution is -2.42. The fourth-order valence-corrected chi connectivity index (χ4v) is 4.23. The van der Waals surface area contributed by atoms with E-state index in [0.717, 1.165) is 5.56 Å². The summed E-state index contributed by atoms with van der Waals surface area (Å²) < 4.78 is 27.3. The van der Waals surface area contributed by atoms with Gasteiger partial charge in [-0.15, -0.1) is 0 Å². The molecule has 2 aromatic carbocycles. The second kappa shape index (κ2) is 9.15. The lowest BCUT2D eigenvalue weighted by Gasteiger charge is -2.28. The number of hydrogen-bond donors (Lipinski definition) is 1. The monoisotopic (exact) mass is 379 g/mol. The van der Waals surface area contributed by atoms with Crippen molar-refractivity contribution < 1.29 is 13.5 Å². The first-order valence-electron chi connectivity index (χ1n) is 8.09. The maximum absolute atomic E-state index is 13.0. The Morgan fingerprint density at radius 2 is 1.76 bits per heavy atom. The summed E-state index contributed by atoms with van der Waals surface area (Å²) in [4.78, 5) is 0.164. The Bertz CT molecular complexity index is 785. The van der Waals surface area contributed by atoms with Crippen LogP contribution in [0.4, 0.5) is 0 Å². The van der Waals surface area contributed by atoms with Gasteiger partial charge in [0.15, 0.2) is 0 Å². The van der Waals surface area contributed by atoms with Gasteiger partial charge in [0, 0.05) is 17.6 Å². The molecule has 25 heavy (non-hydrogen) atoms. The van der Waals surface area contributed by atoms with Gasteiger partial charge in [0.2, 0.25) is 10.0 Å². The van der Waals surface area contributed by atoms with Crippen LogP contribution in [0.15, 0.2) is 65.6 Å². The Labute approximate surface area is 154 Å². The minimum atomic E-state index is -3.73. The molecule has 0 spiro atoms. The molecule has 2 rings (SSSR count). The van der Waals surface area contributed by atoms with Gasteiger partial charge >= 0.3 is 0 Å². The summed E-state index contributed by atoms with van der Waals surface area (Å²) in [5.74, 6) is 0. The van der Waals surface area contributed by atoms with Gasteiger partial charge in [-0.3, -0.25) is 0 Å². The van der Waals surface area contributed by atoms with E-state index >= 15 is 0 Å². The summed E-state index contributed by atoms with van der Waals surface area (Å²) in [6, 6.07) is 15.2. The molecule has 0 aliphatic rings. The molecule has 0 amide bonds. The summed E-state index contributed by atoms with van der Waals surface area (Å²) in [5, 5.41) is 10.1. The molecule has 4 nitrogen and oxygen atoms in total. The Hall–Kier alpha value is -1.66. The van der Waals surface area contributed by atoms with Gasteiger partial charge in [0.1, 0.15) is 0 Å². The van der Waals surface area contributed by atoms with Crippen LogP contribution in [-0.2, 0) is 10.0 Å². The molecule has 6 heteroatoms. The molecular formula is C19H22ClNO3S. The van der Waals surface area contributed by atoms with Crippen molar-refractivity contribution in [2.45, 2.75) is 24.3 Å². The Morgan fingerprint density at radius 3 is 2.32 bits per heavy atom. The van der Waals surface area contributed by atoms with Crippen LogP contribution in [0.2, 0.25) is 5.02 Å². The number of nitrogens with zero attached hydrogens (tertiary/aromatic N) is 1. The normalized spacial score (nSPS) is 13.4. The molecule has 0 fully saturated rings. The smallest absolute Gasteiger partial charge is 0.243 e. The summed E-state index contributed by atoms with van der Waals surface area (Å²) in [6.07, 6.45) is 4.18. The van der Waals surface area contributed by atoms with Crippen LogP contribution in [0.1, 0.15) is 18.9 Å². The molecule has 0 aromatic heterocycles. The van der Waals surface area contributed by atoms with Crippen molar-refractivity contribution in [3.8, 4) is 0 Å². The van der Waals surface area contributed by atoms with Crippen LogP contribution in [-0.4, -0.2) is 37.0 Å². The third-order valence-electron chi connectivity index (χ3n) is 3.90. The van der Waals surface area contributed by atoms with Crippen LogP contribution >= 0.6 is 11.6 Å². The molecule has 2 aromatic rings. The molecular weight excluding hydrogens is 358 g/mol. The highest BCUT2D eigenvalue weighted by molar-refractivity contribution is 7.89. The van der Waals surface area contributed by atoms with Crippen molar-refractivity contribution >= 4 is 27.7 Å². The van der Waals surface area contributed by atoms with Crippen molar-refractivity contribution in [2.75, 3.05) is 13.2 Å². The molecule has 0 saturated carbocycles. The zero-order chi connectivity index (χ0) is 18.3. The average molecular weight is 380 g/mol. The van der Waals surface area contributed by atoms with E-state index in [1.165, 1.54) is 16.4 Å². The van der Waals surface area contributed by atoms with Gasteiger partial charge in [-0.1, -0.05) is 61.0 Å². The predicted molar refractivity (Wildman–Crippen MR) is 102 cm³/mol. The molecule has 1 unspecified atom stereocenters. The predicted octanol–water partition coefficient (Wildman–Crippen LogP) is 3.82. The van der Waals surface area contributed by atoms with Crippen LogP contribution in [0.5, 0.6) is 0 Å². The molecule has 0 aliphatic carbocycles. The number of sulfonamides is 1. The van der Waals surface area contributed by atoms with Crippen molar-refractivity contribution in [1.29, 1.82) is 0 Å². The Morgan fingerprint density at radius 1 is 1.12 bits per heavy atom. The summed E-state index contributed by atoms with van der Waals surface area (Å²) in [7, 11) is -3.73. The van der Waals surface area contributed by atoms with E-state index in [1.807, 2.05) is 43.3 Å². The Balaban J connectivity index is 2.29. The number of aliphatic hydroxyl groups excluding tert-OH is 1. The SMILES string of the molecule is CCC(CO)N(C/C=C/c1ccccc1)S(=O)(=O)c1ccc(Cl)cc1. The highest BCUT2D eigenvalue weighted by Gasteiger charge is 2.29. The van der Waals surface area contributed by atoms with Gasteiger partial charge < -0.3 is 5.11 Å². The Kier molecular flexibility index (Phi) is 7.20. The quantitative estimate of drug-likeness (QED) is 0.758. The van der Waals surface area contributed by atoms with E-state index < -0.39 is 16.1 Å². The average Bonchev–Trinajstić information content (AvgIpc) is 2.62. The summed E-state index contributed by atoms with van der Waals surface area (Å²) in [5.41, 5.74) is 0.989. The number of hydrogen-bond acceptors (Lipinski definition) is 3. The summed E-state index contributed by atoms with van der Waals surface area (Å²) in [6.45, 7) is 1.80. The van der Waals surface area contributed by atoms with E-state index in [4.69, 9.17) is 11.6 Å². The fourth-order valence-electron chi connectivity index (χ4n) is 2.47. The maximum atomic E-state index is 13.0. The van der Waals surface area contributed by atoms with E-state index in [-0.39, 0.29) is 18.0 Å². The molecule has 1 N–H and O–H groups in total. The van der Waals surface area contributed by atoms with Crippen molar-refractivity contribution in [1.82, 2.24) is 4.31 Å². The van der Waals surface area contributed by atoms with E-state index in [0.29, 0.717) is 11.4 Å². The molecule has 0 bridgehead atoms. The molecule has 1 atom stereocenters. The van der Waals surface area contributed by atoms with Gasteiger partial charge in [0.25, 0.3) is 0 Å². The zero-order valence-electron chi connectivity index (χ0n) is 14.0. The first kappa shape index (κ1) is 19.7. The topological polar surface area (TPSA) is 57.6 Å². The van der Waals surface area contributed by atoms with Gasteiger partial charge in [-0.25, -0.2) is 8.42 Å². The van der Waals surface area contributed by atoms with Crippen LogP contribution < -0.4 is 0 Å². The van der Waals surface area contributed by atoms with Crippen LogP contribution in [0, 0.1) is 0 Å². The highest BCUT2D eigenvalue weighted by Crippen LogP contribution is 2.21. The van der Waals surface area contributed by atoms with Gasteiger partial charge in [0.05, 0.1) is 11.5 Å². The first-order chi connectivity index (χ1) is 12.0. The first-order valence-corrected chi connectivity index (χ1v) is 9.90. The lowest BCUT2D eigenvalue weighted by molar-refractivity contribution is 0.190. The van der Waals surface area contributed by atoms with Crippen molar-refractivity contribution in [3.63, 3.8) is 0 Å². The minimum Gasteiger partial charge on any atom is -0.395 e. The fraction of sp³-hybridized carbons (Fsp3) is 0.263. The minimum absolute atomic E-state index is 0.164. The third-order valence-corrected chi connectivity index (χ3v) is 6.09. The summed E-state index contributed by atoms with van der Waals surface area (Å²) >= 11 is 5.85. The second-order valence-corrected chi connectivity index (χ2v) is 7.91. The number of aliphatic hydroxyl groups is 1. The molecule has 0 radical (unpaired) electrons. The van der Waals surface area contributed by atoms with E-state index in [9.17, 15) is 13.5 Å². The van der Waals surface area contributed by atoms with Gasteiger partial charge in [-0.05, 0) is 36.2 Å². The maximum Gasteiger partial charge on any atom is 0.243 e. The van der Waals surface area contributed by atoms with Crippen molar-refractivity contribution in [2.24, 2.45) is 0 Å². The molecule has 134 valence electrons. The number of rotatable bonds is 8. The highest BCUT2D eigenvalue weighted by atomic mass is 35.5. The second-order valence-electron chi connectivity index (χ2n) is 5.59. The molecule has 0 heterocycles. The van der Waals surface area contributed by atoms with Crippen LogP contribution in [0.3, 0.4) is 0 Å². The van der Waals surface area contributed by atoms with Crippen LogP contribution in [0.25, 0.3) is 6.08 Å². The van der Waals surface area contributed by atoms with E-state index in [1.54, 1.807) is 18.2 Å². The number of benzene rings is 2. The largest absolute Gasteiger partial charge is 0.395 e. The molecule has 0 saturated heterocycles. The third kappa shape index (κ3) is 5.16. The number of halogens is 1. The standard InChI is InChI=1S/C19H22ClNO3S/c1-2-18(15-22)21(14-6-9-16-7-4-3-5-8-16)25(23,24)19-12-10-17(20)11-13-19/h3-13,18,22H,2,14-15H2,1H3/b9-6+. The zero-order valence-corrected chi connectivity index (χ0v) is 15.6. The van der Waals surface area contributed by atoms with Gasteiger partial charge in [-0.2, -0.15) is 4.31 Å². The van der Waals surface area contributed by atoms with E-state index in [2.05, 4.69) is 0 Å². The van der Waals surface area contributed by atoms with Crippen molar-refractivity contribution in [3.05, 3.63) is 71.3 Å². The molecule has 0 aliphatic heterocycles.